The number of aromatic nitrogens is 1. The number of amides is 1. The van der Waals surface area contributed by atoms with Gasteiger partial charge in [0.05, 0.1) is 5.92 Å². The zero-order valence-electron chi connectivity index (χ0n) is 12.9. The standard InChI is InChI=1S/C17H18N2O4/c1-11-2-4-12(5-3-11)14-10-15(23-18-14)16(20)19-8-6-13(7-9-19)17(21)22/h2-5,10,13H,6-9H2,1H3,(H,21,22). The van der Waals surface area contributed by atoms with Gasteiger partial charge in [0.1, 0.15) is 5.69 Å². The number of carboxylic acids is 1. The van der Waals surface area contributed by atoms with Crippen molar-refractivity contribution < 1.29 is 19.2 Å². The van der Waals surface area contributed by atoms with Gasteiger partial charge in [0, 0.05) is 24.7 Å². The first kappa shape index (κ1) is 15.3. The second-order valence-corrected chi connectivity index (χ2v) is 5.85. The Morgan fingerprint density at radius 1 is 1.22 bits per heavy atom. The molecule has 6 nitrogen and oxygen atoms in total. The smallest absolute Gasteiger partial charge is 0.306 e. The molecule has 1 aromatic carbocycles. The van der Waals surface area contributed by atoms with Crippen molar-refractivity contribution in [3.8, 4) is 11.3 Å². The molecule has 120 valence electrons. The predicted molar refractivity (Wildman–Crippen MR) is 82.9 cm³/mol. The lowest BCUT2D eigenvalue weighted by Gasteiger charge is -2.29. The summed E-state index contributed by atoms with van der Waals surface area (Å²) in [6, 6.07) is 9.44. The minimum Gasteiger partial charge on any atom is -0.481 e. The minimum atomic E-state index is -0.793. The van der Waals surface area contributed by atoms with Crippen LogP contribution in [0.15, 0.2) is 34.9 Å². The van der Waals surface area contributed by atoms with Crippen molar-refractivity contribution in [3.63, 3.8) is 0 Å². The zero-order chi connectivity index (χ0) is 16.4. The lowest BCUT2D eigenvalue weighted by atomic mass is 9.97. The molecule has 0 spiro atoms. The fraction of sp³-hybridized carbons (Fsp3) is 0.353. The molecule has 0 radical (unpaired) electrons. The van der Waals surface area contributed by atoms with E-state index in [1.54, 1.807) is 11.0 Å². The Balaban J connectivity index is 1.69. The van der Waals surface area contributed by atoms with Crippen LogP contribution in [0.1, 0.15) is 29.0 Å². The van der Waals surface area contributed by atoms with Crippen molar-refractivity contribution in [1.82, 2.24) is 10.1 Å². The van der Waals surface area contributed by atoms with E-state index in [4.69, 9.17) is 9.63 Å². The average Bonchev–Trinajstić information content (AvgIpc) is 3.05. The second-order valence-electron chi connectivity index (χ2n) is 5.85. The molecule has 0 atom stereocenters. The highest BCUT2D eigenvalue weighted by Gasteiger charge is 2.29. The normalized spacial score (nSPS) is 15.6. The molecule has 1 saturated heterocycles. The maximum Gasteiger partial charge on any atom is 0.306 e. The van der Waals surface area contributed by atoms with Gasteiger partial charge in [-0.1, -0.05) is 35.0 Å². The number of carbonyl (C=O) groups excluding carboxylic acids is 1. The van der Waals surface area contributed by atoms with Crippen LogP contribution >= 0.6 is 0 Å². The van der Waals surface area contributed by atoms with E-state index in [9.17, 15) is 9.59 Å². The fourth-order valence-corrected chi connectivity index (χ4v) is 2.72. The fourth-order valence-electron chi connectivity index (χ4n) is 2.72. The molecule has 0 saturated carbocycles. The summed E-state index contributed by atoms with van der Waals surface area (Å²) >= 11 is 0. The van der Waals surface area contributed by atoms with E-state index in [1.165, 1.54) is 0 Å². The highest BCUT2D eigenvalue weighted by molar-refractivity contribution is 5.92. The molecule has 0 unspecified atom stereocenters. The summed E-state index contributed by atoms with van der Waals surface area (Å²) in [6.07, 6.45) is 0.945. The Morgan fingerprint density at radius 2 is 1.87 bits per heavy atom. The van der Waals surface area contributed by atoms with Gasteiger partial charge in [-0.2, -0.15) is 0 Å². The van der Waals surface area contributed by atoms with E-state index in [2.05, 4.69) is 5.16 Å². The van der Waals surface area contributed by atoms with Gasteiger partial charge in [-0.3, -0.25) is 9.59 Å². The van der Waals surface area contributed by atoms with Crippen LogP contribution in [-0.2, 0) is 4.79 Å². The van der Waals surface area contributed by atoms with Crippen molar-refractivity contribution in [1.29, 1.82) is 0 Å². The van der Waals surface area contributed by atoms with Gasteiger partial charge in [0.15, 0.2) is 0 Å². The Kier molecular flexibility index (Phi) is 4.14. The van der Waals surface area contributed by atoms with Crippen molar-refractivity contribution in [2.75, 3.05) is 13.1 Å². The quantitative estimate of drug-likeness (QED) is 0.941. The summed E-state index contributed by atoms with van der Waals surface area (Å²) in [5, 5.41) is 13.0. The molecule has 23 heavy (non-hydrogen) atoms. The predicted octanol–water partition coefficient (Wildman–Crippen LogP) is 2.59. The molecule has 1 aliphatic heterocycles. The summed E-state index contributed by atoms with van der Waals surface area (Å²) in [5.74, 6) is -1.20. The lowest BCUT2D eigenvalue weighted by molar-refractivity contribution is -0.143. The molecule has 3 rings (SSSR count). The Morgan fingerprint density at radius 3 is 2.48 bits per heavy atom. The molecule has 6 heteroatoms. The Hall–Kier alpha value is -2.63. The number of rotatable bonds is 3. The second kappa shape index (κ2) is 6.24. The van der Waals surface area contributed by atoms with Gasteiger partial charge in [-0.05, 0) is 19.8 Å². The molecule has 1 N–H and O–H groups in total. The molecule has 1 amide bonds. The molecule has 2 aromatic rings. The van der Waals surface area contributed by atoms with Crippen LogP contribution in [0, 0.1) is 12.8 Å². The zero-order valence-corrected chi connectivity index (χ0v) is 12.9. The highest BCUT2D eigenvalue weighted by Crippen LogP contribution is 2.23. The highest BCUT2D eigenvalue weighted by atomic mass is 16.5. The van der Waals surface area contributed by atoms with Crippen molar-refractivity contribution in [3.05, 3.63) is 41.7 Å². The Labute approximate surface area is 133 Å². The van der Waals surface area contributed by atoms with Crippen LogP contribution in [0.2, 0.25) is 0 Å². The van der Waals surface area contributed by atoms with Gasteiger partial charge >= 0.3 is 5.97 Å². The van der Waals surface area contributed by atoms with E-state index < -0.39 is 5.97 Å². The monoisotopic (exact) mass is 314 g/mol. The molecule has 2 heterocycles. The van der Waals surface area contributed by atoms with Crippen molar-refractivity contribution in [2.45, 2.75) is 19.8 Å². The lowest BCUT2D eigenvalue weighted by Crippen LogP contribution is -2.40. The number of piperidine rings is 1. The molecule has 0 aliphatic carbocycles. The van der Waals surface area contributed by atoms with Crippen LogP contribution in [-0.4, -0.2) is 40.1 Å². The summed E-state index contributed by atoms with van der Waals surface area (Å²) in [7, 11) is 0. The van der Waals surface area contributed by atoms with Gasteiger partial charge in [0.25, 0.3) is 5.91 Å². The number of benzene rings is 1. The SMILES string of the molecule is Cc1ccc(-c2cc(C(=O)N3CCC(C(=O)O)CC3)on2)cc1. The third kappa shape index (κ3) is 3.26. The first-order valence-corrected chi connectivity index (χ1v) is 7.60. The summed E-state index contributed by atoms with van der Waals surface area (Å²) in [5.41, 5.74) is 2.66. The molecular formula is C17H18N2O4. The van der Waals surface area contributed by atoms with E-state index in [1.807, 2.05) is 31.2 Å². The van der Waals surface area contributed by atoms with E-state index in [0.717, 1.165) is 11.1 Å². The van der Waals surface area contributed by atoms with E-state index in [-0.39, 0.29) is 17.6 Å². The van der Waals surface area contributed by atoms with Gasteiger partial charge in [-0.25, -0.2) is 0 Å². The third-order valence-corrected chi connectivity index (χ3v) is 4.20. The molecule has 0 bridgehead atoms. The van der Waals surface area contributed by atoms with Crippen LogP contribution in [0.3, 0.4) is 0 Å². The van der Waals surface area contributed by atoms with E-state index in [0.29, 0.717) is 31.6 Å². The summed E-state index contributed by atoms with van der Waals surface area (Å²) in [4.78, 5) is 25.0. The van der Waals surface area contributed by atoms with Crippen LogP contribution < -0.4 is 0 Å². The molecule has 1 fully saturated rings. The number of aryl methyl sites for hydroxylation is 1. The number of carboxylic acid groups (broad SMARTS) is 1. The van der Waals surface area contributed by atoms with E-state index >= 15 is 0 Å². The number of hydrogen-bond donors (Lipinski definition) is 1. The molecule has 1 aliphatic rings. The largest absolute Gasteiger partial charge is 0.481 e. The first-order chi connectivity index (χ1) is 11.0. The van der Waals surface area contributed by atoms with Gasteiger partial charge in [0.2, 0.25) is 5.76 Å². The number of hydrogen-bond acceptors (Lipinski definition) is 4. The van der Waals surface area contributed by atoms with Crippen LogP contribution in [0.25, 0.3) is 11.3 Å². The van der Waals surface area contributed by atoms with Crippen molar-refractivity contribution >= 4 is 11.9 Å². The summed E-state index contributed by atoms with van der Waals surface area (Å²) < 4.78 is 5.18. The summed E-state index contributed by atoms with van der Waals surface area (Å²) in [6.45, 7) is 2.86. The molecular weight excluding hydrogens is 296 g/mol. The first-order valence-electron chi connectivity index (χ1n) is 7.60. The van der Waals surface area contributed by atoms with Crippen LogP contribution in [0.4, 0.5) is 0 Å². The maximum absolute atomic E-state index is 12.4. The van der Waals surface area contributed by atoms with Gasteiger partial charge in [-0.15, -0.1) is 0 Å². The number of likely N-dealkylation sites (tertiary alicyclic amines) is 1. The topological polar surface area (TPSA) is 83.6 Å². The average molecular weight is 314 g/mol. The number of aliphatic carboxylic acids is 1. The molecule has 1 aromatic heterocycles. The third-order valence-electron chi connectivity index (χ3n) is 4.20. The minimum absolute atomic E-state index is 0.189. The van der Waals surface area contributed by atoms with Gasteiger partial charge < -0.3 is 14.5 Å². The Bertz CT molecular complexity index is 712. The van der Waals surface area contributed by atoms with Crippen molar-refractivity contribution in [2.24, 2.45) is 5.92 Å². The van der Waals surface area contributed by atoms with Crippen LogP contribution in [0.5, 0.6) is 0 Å². The number of carbonyl (C=O) groups is 2. The number of nitrogens with zero attached hydrogens (tertiary/aromatic N) is 2. The maximum atomic E-state index is 12.4.